The zero-order valence-electron chi connectivity index (χ0n) is 20.4. The van der Waals surface area contributed by atoms with E-state index >= 15 is 0 Å². The zero-order chi connectivity index (χ0) is 24.1. The lowest BCUT2D eigenvalue weighted by Crippen LogP contribution is -2.38. The summed E-state index contributed by atoms with van der Waals surface area (Å²) in [6, 6.07) is 14.3. The molecule has 1 saturated heterocycles. The molecule has 0 saturated carbocycles. The molecule has 0 unspecified atom stereocenters. The van der Waals surface area contributed by atoms with Crippen LogP contribution in [0.5, 0.6) is 0 Å². The van der Waals surface area contributed by atoms with E-state index < -0.39 is 0 Å². The van der Waals surface area contributed by atoms with Crippen LogP contribution in [-0.2, 0) is 19.3 Å². The molecule has 0 aliphatic carbocycles. The second-order valence-corrected chi connectivity index (χ2v) is 9.03. The van der Waals surface area contributed by atoms with Gasteiger partial charge >= 0.3 is 0 Å². The predicted octanol–water partition coefficient (Wildman–Crippen LogP) is 5.44. The van der Waals surface area contributed by atoms with Crippen LogP contribution in [-0.4, -0.2) is 39.1 Å². The van der Waals surface area contributed by atoms with Crippen LogP contribution in [0.25, 0.3) is 11.4 Å². The van der Waals surface area contributed by atoms with Crippen molar-refractivity contribution < 1.29 is 4.79 Å². The van der Waals surface area contributed by atoms with Crippen molar-refractivity contribution >= 4 is 5.91 Å². The first-order valence-electron chi connectivity index (χ1n) is 12.4. The average Bonchev–Trinajstić information content (AvgIpc) is 3.37. The average molecular weight is 456 g/mol. The van der Waals surface area contributed by atoms with Gasteiger partial charge in [0.05, 0.1) is 11.6 Å². The number of carbonyl (C=O) groups is 1. The van der Waals surface area contributed by atoms with Crippen LogP contribution < -0.4 is 0 Å². The third-order valence-corrected chi connectivity index (χ3v) is 6.86. The van der Waals surface area contributed by atoms with Crippen LogP contribution in [0.4, 0.5) is 0 Å². The molecule has 6 heteroatoms. The van der Waals surface area contributed by atoms with E-state index in [9.17, 15) is 4.79 Å². The lowest BCUT2D eigenvalue weighted by molar-refractivity contribution is 0.0712. The van der Waals surface area contributed by atoms with Gasteiger partial charge in [0, 0.05) is 30.6 Å². The van der Waals surface area contributed by atoms with Crippen LogP contribution >= 0.6 is 0 Å². The van der Waals surface area contributed by atoms with E-state index in [-0.39, 0.29) is 5.91 Å². The van der Waals surface area contributed by atoms with Gasteiger partial charge in [0.25, 0.3) is 5.91 Å². The first-order chi connectivity index (χ1) is 16.6. The fourth-order valence-electron chi connectivity index (χ4n) is 4.86. The number of nitrogens with zero attached hydrogens (tertiary/aromatic N) is 4. The smallest absolute Gasteiger partial charge is 0.254 e. The molecule has 176 valence electrons. The van der Waals surface area contributed by atoms with Crippen molar-refractivity contribution in [3.05, 3.63) is 70.0 Å². The number of hydrogen-bond acceptors (Lipinski definition) is 4. The molecule has 1 fully saturated rings. The standard InChI is InChI=1S/C28H33N5O/c1-4-7-23-16-20(5-2)25(17-24(23)27-30-26(6-3)31-32-27)28(34)33-14-12-22(13-15-33)21-10-8-19(18-29)9-11-21/h8-11,16-17,22H,4-7,12-15H2,1-3H3,(H,30,31,32). The number of amides is 1. The molecule has 3 aromatic rings. The molecule has 1 amide bonds. The minimum absolute atomic E-state index is 0.102. The van der Waals surface area contributed by atoms with E-state index in [1.54, 1.807) is 0 Å². The third kappa shape index (κ3) is 4.89. The molecule has 1 aromatic heterocycles. The van der Waals surface area contributed by atoms with E-state index in [0.717, 1.165) is 74.1 Å². The highest BCUT2D eigenvalue weighted by Crippen LogP contribution is 2.31. The molecule has 0 radical (unpaired) electrons. The fraction of sp³-hybridized carbons (Fsp3) is 0.429. The van der Waals surface area contributed by atoms with Gasteiger partial charge in [0.2, 0.25) is 0 Å². The fourth-order valence-corrected chi connectivity index (χ4v) is 4.86. The van der Waals surface area contributed by atoms with Gasteiger partial charge in [-0.3, -0.25) is 9.89 Å². The molecule has 1 N–H and O–H groups in total. The van der Waals surface area contributed by atoms with Crippen molar-refractivity contribution in [2.45, 2.75) is 65.2 Å². The van der Waals surface area contributed by atoms with E-state index in [2.05, 4.69) is 53.3 Å². The zero-order valence-corrected chi connectivity index (χ0v) is 20.4. The van der Waals surface area contributed by atoms with Gasteiger partial charge in [-0.2, -0.15) is 10.4 Å². The van der Waals surface area contributed by atoms with Gasteiger partial charge in [-0.1, -0.05) is 45.4 Å². The molecule has 34 heavy (non-hydrogen) atoms. The first kappa shape index (κ1) is 23.7. The number of benzene rings is 2. The number of aromatic nitrogens is 3. The lowest BCUT2D eigenvalue weighted by atomic mass is 9.88. The monoisotopic (exact) mass is 455 g/mol. The van der Waals surface area contributed by atoms with Crippen molar-refractivity contribution in [1.82, 2.24) is 20.1 Å². The second-order valence-electron chi connectivity index (χ2n) is 9.03. The van der Waals surface area contributed by atoms with Crippen LogP contribution in [0.15, 0.2) is 36.4 Å². The number of nitriles is 1. The Morgan fingerprint density at radius 2 is 1.82 bits per heavy atom. The van der Waals surface area contributed by atoms with Crippen molar-refractivity contribution in [2.75, 3.05) is 13.1 Å². The van der Waals surface area contributed by atoms with Crippen LogP contribution in [0.3, 0.4) is 0 Å². The number of rotatable bonds is 7. The molecule has 1 aliphatic rings. The molecule has 0 bridgehead atoms. The van der Waals surface area contributed by atoms with E-state index in [0.29, 0.717) is 17.3 Å². The molecule has 0 atom stereocenters. The summed E-state index contributed by atoms with van der Waals surface area (Å²) in [7, 11) is 0. The summed E-state index contributed by atoms with van der Waals surface area (Å²) in [6.45, 7) is 7.80. The number of likely N-dealkylation sites (tertiary alicyclic amines) is 1. The van der Waals surface area contributed by atoms with Crippen LogP contribution in [0.1, 0.15) is 84.4 Å². The maximum Gasteiger partial charge on any atom is 0.254 e. The molecule has 1 aliphatic heterocycles. The second kappa shape index (κ2) is 10.6. The Labute approximate surface area is 202 Å². The predicted molar refractivity (Wildman–Crippen MR) is 134 cm³/mol. The van der Waals surface area contributed by atoms with Gasteiger partial charge in [-0.15, -0.1) is 0 Å². The van der Waals surface area contributed by atoms with E-state index in [1.165, 1.54) is 11.1 Å². The summed E-state index contributed by atoms with van der Waals surface area (Å²) in [4.78, 5) is 20.3. The Hall–Kier alpha value is -3.46. The van der Waals surface area contributed by atoms with Crippen LogP contribution in [0, 0.1) is 11.3 Å². The highest BCUT2D eigenvalue weighted by molar-refractivity contribution is 5.97. The quantitative estimate of drug-likeness (QED) is 0.514. The maximum atomic E-state index is 13.7. The van der Waals surface area contributed by atoms with Crippen molar-refractivity contribution in [3.8, 4) is 17.5 Å². The molecular formula is C28H33N5O. The molecule has 2 heterocycles. The number of piperidine rings is 1. The van der Waals surface area contributed by atoms with Crippen molar-refractivity contribution in [2.24, 2.45) is 0 Å². The number of carbonyl (C=O) groups excluding carboxylic acids is 1. The van der Waals surface area contributed by atoms with Crippen LogP contribution in [0.2, 0.25) is 0 Å². The minimum atomic E-state index is 0.102. The Kier molecular flexibility index (Phi) is 7.42. The number of nitrogens with one attached hydrogen (secondary N) is 1. The van der Waals surface area contributed by atoms with Gasteiger partial charge in [-0.25, -0.2) is 4.98 Å². The Balaban J connectivity index is 1.57. The molecular weight excluding hydrogens is 422 g/mol. The number of hydrogen-bond donors (Lipinski definition) is 1. The molecule has 4 rings (SSSR count). The summed E-state index contributed by atoms with van der Waals surface area (Å²) < 4.78 is 0. The first-order valence-corrected chi connectivity index (χ1v) is 12.4. The minimum Gasteiger partial charge on any atom is -0.339 e. The summed E-state index contributed by atoms with van der Waals surface area (Å²) in [6.07, 6.45) is 5.43. The molecule has 2 aromatic carbocycles. The topological polar surface area (TPSA) is 85.7 Å². The van der Waals surface area contributed by atoms with E-state index in [1.807, 2.05) is 30.0 Å². The summed E-state index contributed by atoms with van der Waals surface area (Å²) in [5, 5.41) is 16.5. The molecule has 6 nitrogen and oxygen atoms in total. The lowest BCUT2D eigenvalue weighted by Gasteiger charge is -2.33. The summed E-state index contributed by atoms with van der Waals surface area (Å²) in [5.41, 5.74) is 5.98. The Morgan fingerprint density at radius 1 is 1.09 bits per heavy atom. The van der Waals surface area contributed by atoms with Gasteiger partial charge in [0.15, 0.2) is 5.82 Å². The van der Waals surface area contributed by atoms with Crippen molar-refractivity contribution in [1.29, 1.82) is 5.26 Å². The number of aryl methyl sites for hydroxylation is 3. The van der Waals surface area contributed by atoms with Crippen molar-refractivity contribution in [3.63, 3.8) is 0 Å². The van der Waals surface area contributed by atoms with Gasteiger partial charge < -0.3 is 4.90 Å². The highest BCUT2D eigenvalue weighted by Gasteiger charge is 2.27. The maximum absolute atomic E-state index is 13.7. The Morgan fingerprint density at radius 3 is 2.41 bits per heavy atom. The van der Waals surface area contributed by atoms with Gasteiger partial charge in [-0.05, 0) is 66.5 Å². The van der Waals surface area contributed by atoms with E-state index in [4.69, 9.17) is 5.26 Å². The normalized spacial score (nSPS) is 14.2. The molecule has 0 spiro atoms. The van der Waals surface area contributed by atoms with Gasteiger partial charge in [0.1, 0.15) is 5.82 Å². The largest absolute Gasteiger partial charge is 0.339 e. The third-order valence-electron chi connectivity index (χ3n) is 6.86. The number of H-pyrrole nitrogens is 1. The SMILES string of the molecule is CCCc1cc(CC)c(C(=O)N2CCC(c3ccc(C#N)cc3)CC2)cc1-c1n[nH]c(CC)n1. The summed E-state index contributed by atoms with van der Waals surface area (Å²) in [5.74, 6) is 2.06. The number of aromatic amines is 1. The highest BCUT2D eigenvalue weighted by atomic mass is 16.2. The Bertz CT molecular complexity index is 1180. The summed E-state index contributed by atoms with van der Waals surface area (Å²) >= 11 is 0.